The molecule has 0 unspecified atom stereocenters. The van der Waals surface area contributed by atoms with E-state index in [0.717, 1.165) is 22.8 Å². The van der Waals surface area contributed by atoms with Crippen molar-refractivity contribution in [2.45, 2.75) is 13.1 Å². The molecular formula is C9H7F3N2O2S. The van der Waals surface area contributed by atoms with Crippen LogP contribution in [0.4, 0.5) is 13.2 Å². The van der Waals surface area contributed by atoms with Crippen LogP contribution < -0.4 is 0 Å². The van der Waals surface area contributed by atoms with E-state index in [4.69, 9.17) is 0 Å². The molecule has 17 heavy (non-hydrogen) atoms. The molecule has 0 saturated carbocycles. The Kier molecular flexibility index (Phi) is 2.61. The predicted molar refractivity (Wildman–Crippen MR) is 54.1 cm³/mol. The van der Waals surface area contributed by atoms with Gasteiger partial charge in [0.15, 0.2) is 16.3 Å². The summed E-state index contributed by atoms with van der Waals surface area (Å²) in [5.74, 6) is -1.05. The summed E-state index contributed by atoms with van der Waals surface area (Å²) in [4.78, 5) is 15.0. The lowest BCUT2D eigenvalue weighted by Gasteiger charge is -2.05. The van der Waals surface area contributed by atoms with Crippen molar-refractivity contribution in [2.75, 3.05) is 7.11 Å². The number of fused-ring (bicyclic) bond motifs is 1. The standard InChI is InChI=1S/C9H7F3N2O2S/c1-4-3-17-8-13-6(9(10,11)12)5(14(4)8)7(15)16-2/h3H,1-2H3. The van der Waals surface area contributed by atoms with Crippen molar-refractivity contribution >= 4 is 22.3 Å². The minimum atomic E-state index is -4.68. The third-order valence-electron chi connectivity index (χ3n) is 2.18. The Bertz CT molecular complexity index is 585. The number of carbonyl (C=O) groups excluding carboxylic acids is 1. The fourth-order valence-electron chi connectivity index (χ4n) is 1.48. The second-order valence-electron chi connectivity index (χ2n) is 3.29. The van der Waals surface area contributed by atoms with Crippen LogP contribution in [0.1, 0.15) is 21.9 Å². The lowest BCUT2D eigenvalue weighted by Crippen LogP contribution is -2.15. The molecular weight excluding hydrogens is 257 g/mol. The fraction of sp³-hybridized carbons (Fsp3) is 0.333. The van der Waals surface area contributed by atoms with E-state index in [9.17, 15) is 18.0 Å². The molecule has 0 aromatic carbocycles. The van der Waals surface area contributed by atoms with Crippen molar-refractivity contribution in [2.24, 2.45) is 0 Å². The van der Waals surface area contributed by atoms with E-state index in [1.807, 2.05) is 0 Å². The summed E-state index contributed by atoms with van der Waals surface area (Å²) >= 11 is 1.04. The number of alkyl halides is 3. The number of halogens is 3. The lowest BCUT2D eigenvalue weighted by molar-refractivity contribution is -0.141. The molecule has 0 radical (unpaired) electrons. The normalized spacial score (nSPS) is 12.1. The monoisotopic (exact) mass is 264 g/mol. The Balaban J connectivity index is 2.80. The molecule has 4 nitrogen and oxygen atoms in total. The third kappa shape index (κ3) is 1.78. The Morgan fingerprint density at radius 3 is 2.71 bits per heavy atom. The highest BCUT2D eigenvalue weighted by Crippen LogP contribution is 2.34. The molecule has 0 N–H and O–H groups in total. The second kappa shape index (κ2) is 3.73. The van der Waals surface area contributed by atoms with E-state index >= 15 is 0 Å². The first-order valence-electron chi connectivity index (χ1n) is 4.48. The van der Waals surface area contributed by atoms with Crippen LogP contribution in [0.5, 0.6) is 0 Å². The van der Waals surface area contributed by atoms with Crippen LogP contribution in [0.2, 0.25) is 0 Å². The summed E-state index contributed by atoms with van der Waals surface area (Å²) in [5.41, 5.74) is -1.28. The average Bonchev–Trinajstić information content (AvgIpc) is 2.77. The van der Waals surface area contributed by atoms with Crippen LogP contribution in [0, 0.1) is 6.92 Å². The maximum atomic E-state index is 12.7. The van der Waals surface area contributed by atoms with Crippen molar-refractivity contribution in [3.63, 3.8) is 0 Å². The van der Waals surface area contributed by atoms with Gasteiger partial charge in [-0.1, -0.05) is 0 Å². The van der Waals surface area contributed by atoms with Crippen molar-refractivity contribution in [3.8, 4) is 0 Å². The zero-order valence-corrected chi connectivity index (χ0v) is 9.65. The van der Waals surface area contributed by atoms with Crippen molar-refractivity contribution in [3.05, 3.63) is 22.5 Å². The highest BCUT2D eigenvalue weighted by atomic mass is 32.1. The average molecular weight is 264 g/mol. The number of nitrogens with zero attached hydrogens (tertiary/aromatic N) is 2. The van der Waals surface area contributed by atoms with Gasteiger partial charge in [-0.2, -0.15) is 13.2 Å². The highest BCUT2D eigenvalue weighted by Gasteiger charge is 2.41. The molecule has 2 heterocycles. The zero-order chi connectivity index (χ0) is 12.8. The number of thiazole rings is 1. The number of methoxy groups -OCH3 is 1. The number of aryl methyl sites for hydroxylation is 1. The first-order valence-corrected chi connectivity index (χ1v) is 5.36. The molecule has 2 rings (SSSR count). The molecule has 2 aromatic heterocycles. The van der Waals surface area contributed by atoms with Crippen LogP contribution in [-0.2, 0) is 10.9 Å². The Labute approximate surface area is 97.6 Å². The SMILES string of the molecule is COC(=O)c1c(C(F)(F)F)nc2scc(C)n12. The summed E-state index contributed by atoms with van der Waals surface area (Å²) in [6.45, 7) is 1.60. The molecule has 0 aliphatic rings. The molecule has 0 fully saturated rings. The van der Waals surface area contributed by atoms with Crippen LogP contribution in [0.15, 0.2) is 5.38 Å². The molecule has 0 bridgehead atoms. The van der Waals surface area contributed by atoms with E-state index < -0.39 is 23.5 Å². The van der Waals surface area contributed by atoms with E-state index in [1.54, 1.807) is 12.3 Å². The number of hydrogen-bond acceptors (Lipinski definition) is 4. The van der Waals surface area contributed by atoms with Gasteiger partial charge in [0.05, 0.1) is 7.11 Å². The van der Waals surface area contributed by atoms with Crippen molar-refractivity contribution < 1.29 is 22.7 Å². The first kappa shape index (κ1) is 11.9. The maximum Gasteiger partial charge on any atom is 0.435 e. The minimum absolute atomic E-state index is 0.121. The highest BCUT2D eigenvalue weighted by molar-refractivity contribution is 7.15. The van der Waals surface area contributed by atoms with Gasteiger partial charge >= 0.3 is 12.1 Å². The number of ether oxygens (including phenoxy) is 1. The molecule has 0 aliphatic carbocycles. The summed E-state index contributed by atoms with van der Waals surface area (Å²) in [5, 5.41) is 1.62. The number of imidazole rings is 1. The number of esters is 1. The second-order valence-corrected chi connectivity index (χ2v) is 4.13. The summed E-state index contributed by atoms with van der Waals surface area (Å²) in [7, 11) is 1.03. The topological polar surface area (TPSA) is 43.6 Å². The number of carbonyl (C=O) groups is 1. The molecule has 0 atom stereocenters. The number of rotatable bonds is 1. The van der Waals surface area contributed by atoms with E-state index in [1.165, 1.54) is 0 Å². The van der Waals surface area contributed by atoms with E-state index in [2.05, 4.69) is 9.72 Å². The summed E-state index contributed by atoms with van der Waals surface area (Å²) < 4.78 is 43.7. The summed E-state index contributed by atoms with van der Waals surface area (Å²) in [6.07, 6.45) is -4.68. The summed E-state index contributed by atoms with van der Waals surface area (Å²) in [6, 6.07) is 0. The number of hydrogen-bond donors (Lipinski definition) is 0. The Morgan fingerprint density at radius 2 is 2.18 bits per heavy atom. The van der Waals surface area contributed by atoms with Crippen LogP contribution >= 0.6 is 11.3 Å². The fourth-order valence-corrected chi connectivity index (χ4v) is 2.35. The van der Waals surface area contributed by atoms with Gasteiger partial charge < -0.3 is 4.74 Å². The van der Waals surface area contributed by atoms with Gasteiger partial charge in [0.2, 0.25) is 0 Å². The maximum absolute atomic E-state index is 12.7. The van der Waals surface area contributed by atoms with Gasteiger partial charge in [-0.25, -0.2) is 9.78 Å². The van der Waals surface area contributed by atoms with Crippen LogP contribution in [0.3, 0.4) is 0 Å². The zero-order valence-electron chi connectivity index (χ0n) is 8.83. The smallest absolute Gasteiger partial charge is 0.435 e. The first-order chi connectivity index (χ1) is 7.86. The predicted octanol–water partition coefficient (Wildman–Crippen LogP) is 2.51. The van der Waals surface area contributed by atoms with Gasteiger partial charge in [0.25, 0.3) is 0 Å². The van der Waals surface area contributed by atoms with E-state index in [0.29, 0.717) is 5.69 Å². The van der Waals surface area contributed by atoms with Crippen LogP contribution in [0.25, 0.3) is 4.96 Å². The Morgan fingerprint density at radius 1 is 1.53 bits per heavy atom. The molecule has 8 heteroatoms. The third-order valence-corrected chi connectivity index (χ3v) is 3.13. The van der Waals surface area contributed by atoms with Gasteiger partial charge in [-0.15, -0.1) is 11.3 Å². The quantitative estimate of drug-likeness (QED) is 0.743. The lowest BCUT2D eigenvalue weighted by atomic mass is 10.3. The molecule has 0 amide bonds. The van der Waals surface area contributed by atoms with Crippen LogP contribution in [-0.4, -0.2) is 22.5 Å². The van der Waals surface area contributed by atoms with Gasteiger partial charge in [0, 0.05) is 11.1 Å². The molecule has 2 aromatic rings. The van der Waals surface area contributed by atoms with E-state index in [-0.39, 0.29) is 4.96 Å². The van der Waals surface area contributed by atoms with Gasteiger partial charge in [-0.05, 0) is 6.92 Å². The van der Waals surface area contributed by atoms with Gasteiger partial charge in [-0.3, -0.25) is 4.40 Å². The minimum Gasteiger partial charge on any atom is -0.464 e. The largest absolute Gasteiger partial charge is 0.464 e. The molecule has 0 saturated heterocycles. The molecule has 0 aliphatic heterocycles. The molecule has 92 valence electrons. The van der Waals surface area contributed by atoms with Crippen molar-refractivity contribution in [1.29, 1.82) is 0 Å². The Hall–Kier alpha value is -1.57. The van der Waals surface area contributed by atoms with Gasteiger partial charge in [0.1, 0.15) is 0 Å². The van der Waals surface area contributed by atoms with Crippen molar-refractivity contribution in [1.82, 2.24) is 9.38 Å². The molecule has 0 spiro atoms. The number of aromatic nitrogens is 2.